The Morgan fingerprint density at radius 3 is 2.62 bits per heavy atom. The third-order valence-electron chi connectivity index (χ3n) is 7.92. The lowest BCUT2D eigenvalue weighted by molar-refractivity contribution is -0.196. The van der Waals surface area contributed by atoms with Crippen LogP contribution in [-0.2, 0) is 14.2 Å². The molecule has 0 bridgehead atoms. The maximum atomic E-state index is 13.1. The van der Waals surface area contributed by atoms with E-state index in [9.17, 15) is 15.0 Å². The number of pyridine rings is 1. The molecule has 5 rings (SSSR count). The number of hydrogen-bond acceptors (Lipinski definition) is 8. The van der Waals surface area contributed by atoms with Crippen LogP contribution in [0.1, 0.15) is 55.1 Å². The van der Waals surface area contributed by atoms with E-state index in [-0.39, 0.29) is 17.4 Å². The summed E-state index contributed by atoms with van der Waals surface area (Å²) in [6.45, 7) is 6.07. The van der Waals surface area contributed by atoms with Crippen LogP contribution in [0.15, 0.2) is 66.2 Å². The SMILES string of the molecule is CC(C)[C@@H]1C[C@H](OC(=O)c2ccc(C#N)cc2)[C@@]2(C)OC3=C(C(O)OC(c4cccnc4)=C3)[C@H](O)[C@@H]2C1. The van der Waals surface area contributed by atoms with Gasteiger partial charge in [0.1, 0.15) is 23.2 Å². The second-order valence-electron chi connectivity index (χ2n) is 10.4. The van der Waals surface area contributed by atoms with Crippen LogP contribution in [-0.4, -0.2) is 45.3 Å². The summed E-state index contributed by atoms with van der Waals surface area (Å²) < 4.78 is 18.4. The molecule has 1 fully saturated rings. The summed E-state index contributed by atoms with van der Waals surface area (Å²) in [4.78, 5) is 17.3. The van der Waals surface area contributed by atoms with E-state index in [4.69, 9.17) is 19.5 Å². The van der Waals surface area contributed by atoms with Gasteiger partial charge in [0.25, 0.3) is 0 Å². The van der Waals surface area contributed by atoms with Crippen LogP contribution in [0.25, 0.3) is 5.76 Å². The number of aliphatic hydroxyl groups excluding tert-OH is 2. The lowest BCUT2D eigenvalue weighted by atomic mass is 9.63. The minimum Gasteiger partial charge on any atom is -0.483 e. The molecule has 0 saturated heterocycles. The number of aliphatic hydroxyl groups is 2. The topological polar surface area (TPSA) is 122 Å². The fourth-order valence-corrected chi connectivity index (χ4v) is 5.61. The van der Waals surface area contributed by atoms with E-state index in [0.29, 0.717) is 41.1 Å². The first kappa shape index (κ1) is 25.0. The third-order valence-corrected chi connectivity index (χ3v) is 7.92. The van der Waals surface area contributed by atoms with Crippen molar-refractivity contribution in [1.82, 2.24) is 4.98 Å². The summed E-state index contributed by atoms with van der Waals surface area (Å²) in [6, 6.07) is 11.9. The summed E-state index contributed by atoms with van der Waals surface area (Å²) in [7, 11) is 0. The maximum absolute atomic E-state index is 13.1. The molecule has 1 unspecified atom stereocenters. The number of benzene rings is 1. The number of esters is 1. The highest BCUT2D eigenvalue weighted by atomic mass is 16.6. The van der Waals surface area contributed by atoms with E-state index >= 15 is 0 Å². The summed E-state index contributed by atoms with van der Waals surface area (Å²) in [6.07, 6.45) is 3.04. The third kappa shape index (κ3) is 4.50. The lowest BCUT2D eigenvalue weighted by Gasteiger charge is -2.54. The van der Waals surface area contributed by atoms with E-state index in [1.807, 2.05) is 13.0 Å². The average molecular weight is 503 g/mol. The van der Waals surface area contributed by atoms with Crippen LogP contribution < -0.4 is 0 Å². The maximum Gasteiger partial charge on any atom is 0.338 e. The number of fused-ring (bicyclic) bond motifs is 1. The smallest absolute Gasteiger partial charge is 0.338 e. The summed E-state index contributed by atoms with van der Waals surface area (Å²) >= 11 is 0. The quantitative estimate of drug-likeness (QED) is 0.603. The summed E-state index contributed by atoms with van der Waals surface area (Å²) in [5, 5.41) is 31.5. The molecular formula is C29H30N2O6. The molecule has 0 radical (unpaired) electrons. The fraction of sp³-hybridized carbons (Fsp3) is 0.414. The number of carbonyl (C=O) groups is 1. The highest BCUT2D eigenvalue weighted by molar-refractivity contribution is 5.89. The molecule has 8 nitrogen and oxygen atoms in total. The van der Waals surface area contributed by atoms with Gasteiger partial charge in [0.2, 0.25) is 6.29 Å². The average Bonchev–Trinajstić information content (AvgIpc) is 2.89. The molecule has 6 atom stereocenters. The fourth-order valence-electron chi connectivity index (χ4n) is 5.61. The molecule has 3 heterocycles. The van der Waals surface area contributed by atoms with Crippen LogP contribution in [0.4, 0.5) is 0 Å². The van der Waals surface area contributed by atoms with Crippen LogP contribution in [0.2, 0.25) is 0 Å². The monoisotopic (exact) mass is 502 g/mol. The Balaban J connectivity index is 1.50. The molecule has 37 heavy (non-hydrogen) atoms. The predicted molar refractivity (Wildman–Crippen MR) is 133 cm³/mol. The number of allylic oxidation sites excluding steroid dienone is 1. The van der Waals surface area contributed by atoms with Crippen molar-refractivity contribution in [2.45, 2.75) is 57.7 Å². The van der Waals surface area contributed by atoms with Crippen molar-refractivity contribution in [2.75, 3.05) is 0 Å². The van der Waals surface area contributed by atoms with E-state index < -0.39 is 36.0 Å². The summed E-state index contributed by atoms with van der Waals surface area (Å²) in [5.41, 5.74) is 0.679. The van der Waals surface area contributed by atoms with Gasteiger partial charge < -0.3 is 24.4 Å². The molecule has 2 aliphatic heterocycles. The Kier molecular flexibility index (Phi) is 6.52. The minimum atomic E-state index is -1.38. The van der Waals surface area contributed by atoms with Gasteiger partial charge in [0, 0.05) is 30.0 Å². The Morgan fingerprint density at radius 1 is 1.22 bits per heavy atom. The molecule has 1 aliphatic carbocycles. The van der Waals surface area contributed by atoms with Crippen LogP contribution >= 0.6 is 0 Å². The Morgan fingerprint density at radius 2 is 1.97 bits per heavy atom. The van der Waals surface area contributed by atoms with Crippen molar-refractivity contribution >= 4 is 11.7 Å². The van der Waals surface area contributed by atoms with Crippen molar-refractivity contribution in [3.05, 3.63) is 82.9 Å². The zero-order valence-corrected chi connectivity index (χ0v) is 21.0. The summed E-state index contributed by atoms with van der Waals surface area (Å²) in [5.74, 6) is 0.184. The van der Waals surface area contributed by atoms with Gasteiger partial charge in [-0.1, -0.05) is 13.8 Å². The molecule has 1 aromatic carbocycles. The Hall–Kier alpha value is -3.67. The molecular weight excluding hydrogens is 472 g/mol. The molecule has 1 aromatic heterocycles. The van der Waals surface area contributed by atoms with Crippen LogP contribution in [0.3, 0.4) is 0 Å². The number of ether oxygens (including phenoxy) is 3. The van der Waals surface area contributed by atoms with Gasteiger partial charge in [-0.25, -0.2) is 4.79 Å². The second kappa shape index (κ2) is 9.66. The van der Waals surface area contributed by atoms with Gasteiger partial charge in [0.15, 0.2) is 0 Å². The normalized spacial score (nSPS) is 30.7. The van der Waals surface area contributed by atoms with Gasteiger partial charge in [-0.2, -0.15) is 5.26 Å². The molecule has 192 valence electrons. The van der Waals surface area contributed by atoms with E-state index in [1.54, 1.807) is 54.9 Å². The number of rotatable bonds is 4. The van der Waals surface area contributed by atoms with Gasteiger partial charge in [-0.3, -0.25) is 4.98 Å². The number of aromatic nitrogens is 1. The van der Waals surface area contributed by atoms with Gasteiger partial charge in [-0.05, 0) is 68.0 Å². The molecule has 8 heteroatoms. The first-order chi connectivity index (χ1) is 17.7. The van der Waals surface area contributed by atoms with Crippen molar-refractivity contribution in [2.24, 2.45) is 17.8 Å². The van der Waals surface area contributed by atoms with Crippen molar-refractivity contribution in [1.29, 1.82) is 5.26 Å². The Labute approximate surface area is 215 Å². The van der Waals surface area contributed by atoms with E-state index in [1.165, 1.54) is 0 Å². The van der Waals surface area contributed by atoms with Crippen molar-refractivity contribution < 1.29 is 29.2 Å². The zero-order valence-electron chi connectivity index (χ0n) is 21.0. The number of nitriles is 1. The largest absolute Gasteiger partial charge is 0.483 e. The van der Waals surface area contributed by atoms with Gasteiger partial charge in [0.05, 0.1) is 28.9 Å². The highest BCUT2D eigenvalue weighted by Crippen LogP contribution is 2.52. The standard InChI is InChI=1S/C29H30N2O6/c1-16(2)20-11-21-26(32)25-23(13-22(35-28(25)34)19-5-4-10-31-15-19)37-29(21,3)24(12-20)36-27(33)18-8-6-17(14-30)7-9-18/h4-10,13,15-16,20-21,24,26,28,32,34H,11-12H2,1-3H3/t20-,21-,24-,26+,28?,29-/m0/s1. The Bertz CT molecular complexity index is 1280. The number of nitrogens with zero attached hydrogens (tertiary/aromatic N) is 2. The van der Waals surface area contributed by atoms with E-state index in [2.05, 4.69) is 18.8 Å². The predicted octanol–water partition coefficient (Wildman–Crippen LogP) is 3.95. The molecule has 2 N–H and O–H groups in total. The van der Waals surface area contributed by atoms with Crippen molar-refractivity contribution in [3.8, 4) is 6.07 Å². The molecule has 2 aromatic rings. The lowest BCUT2D eigenvalue weighted by Crippen LogP contribution is -2.61. The van der Waals surface area contributed by atoms with Gasteiger partial charge in [-0.15, -0.1) is 0 Å². The van der Waals surface area contributed by atoms with Crippen molar-refractivity contribution in [3.63, 3.8) is 0 Å². The minimum absolute atomic E-state index is 0.167. The van der Waals surface area contributed by atoms with Gasteiger partial charge >= 0.3 is 5.97 Å². The van der Waals surface area contributed by atoms with Crippen LogP contribution in [0.5, 0.6) is 0 Å². The molecule has 0 amide bonds. The zero-order chi connectivity index (χ0) is 26.3. The second-order valence-corrected chi connectivity index (χ2v) is 10.4. The molecule has 1 saturated carbocycles. The molecule has 3 aliphatic rings. The van der Waals surface area contributed by atoms with E-state index in [0.717, 1.165) is 0 Å². The highest BCUT2D eigenvalue weighted by Gasteiger charge is 2.58. The number of carbonyl (C=O) groups excluding carboxylic acids is 1. The number of hydrogen-bond donors (Lipinski definition) is 2. The van der Waals surface area contributed by atoms with Crippen LogP contribution in [0, 0.1) is 29.1 Å². The molecule has 0 spiro atoms. The first-order valence-electron chi connectivity index (χ1n) is 12.5. The first-order valence-corrected chi connectivity index (χ1v) is 12.5.